The summed E-state index contributed by atoms with van der Waals surface area (Å²) in [5, 5.41) is -0.761. The molecule has 0 N–H and O–H groups in total. The van der Waals surface area contributed by atoms with Crippen LogP contribution in [-0.2, 0) is 4.79 Å². The monoisotopic (exact) mass is 388 g/mol. The third-order valence-electron chi connectivity index (χ3n) is 1.93. The smallest absolute Gasteiger partial charge is 0.236 e. The van der Waals surface area contributed by atoms with Crippen LogP contribution >= 0.6 is 43.5 Å². The molecule has 0 spiro atoms. The molecule has 0 aromatic heterocycles. The number of rotatable bonds is 4. The Hall–Kier alpha value is -0.330. The van der Waals surface area contributed by atoms with Gasteiger partial charge in [0.25, 0.3) is 0 Å². The van der Waals surface area contributed by atoms with E-state index in [0.29, 0.717) is 0 Å². The number of carbonyl (C=O) groups is 2. The summed E-state index contributed by atoms with van der Waals surface area (Å²) in [6.45, 7) is 0. The van der Waals surface area contributed by atoms with E-state index >= 15 is 0 Å². The Labute approximate surface area is 118 Å². The van der Waals surface area contributed by atoms with Gasteiger partial charge in [0.15, 0.2) is 17.4 Å². The molecular weight excluding hydrogens is 385 g/mol. The molecule has 0 amide bonds. The molecule has 0 saturated heterocycles. The fourth-order valence-corrected chi connectivity index (χ4v) is 2.08. The van der Waals surface area contributed by atoms with Gasteiger partial charge in [-0.05, 0) is 29.8 Å². The molecular formula is C10H5Br2ClF2O2. The molecule has 0 aliphatic rings. The second kappa shape index (κ2) is 6.02. The quantitative estimate of drug-likeness (QED) is 0.448. The summed E-state index contributed by atoms with van der Waals surface area (Å²) in [6, 6.07) is 2.74. The van der Waals surface area contributed by atoms with Gasteiger partial charge in [0, 0.05) is 5.56 Å². The highest BCUT2D eigenvalue weighted by Gasteiger charge is 2.29. The molecule has 0 fully saturated rings. The van der Waals surface area contributed by atoms with Crippen molar-refractivity contribution in [3.63, 3.8) is 0 Å². The lowest BCUT2D eigenvalue weighted by atomic mass is 10.1. The molecule has 0 radical (unpaired) electrons. The maximum absolute atomic E-state index is 12.9. The number of carbonyl (C=O) groups excluding carboxylic acids is 2. The molecule has 2 unspecified atom stereocenters. The van der Waals surface area contributed by atoms with Crippen molar-refractivity contribution in [2.75, 3.05) is 0 Å². The molecule has 1 rings (SSSR count). The van der Waals surface area contributed by atoms with E-state index in [9.17, 15) is 18.4 Å². The van der Waals surface area contributed by atoms with Crippen LogP contribution < -0.4 is 0 Å². The molecule has 0 bridgehead atoms. The number of hydrogen-bond acceptors (Lipinski definition) is 2. The van der Waals surface area contributed by atoms with Gasteiger partial charge in [0.05, 0.1) is 4.83 Å². The summed E-state index contributed by atoms with van der Waals surface area (Å²) < 4.78 is 25.6. The minimum absolute atomic E-state index is 0.0480. The number of ketones is 1. The van der Waals surface area contributed by atoms with Gasteiger partial charge in [-0.3, -0.25) is 9.59 Å². The Balaban J connectivity index is 2.96. The summed E-state index contributed by atoms with van der Waals surface area (Å²) in [7, 11) is 0. The summed E-state index contributed by atoms with van der Waals surface area (Å²) in [6.07, 6.45) is 0. The van der Waals surface area contributed by atoms with E-state index in [1.165, 1.54) is 0 Å². The van der Waals surface area contributed by atoms with Crippen molar-refractivity contribution in [3.8, 4) is 0 Å². The molecule has 1 aromatic carbocycles. The average Bonchev–Trinajstić information content (AvgIpc) is 2.29. The lowest BCUT2D eigenvalue weighted by Gasteiger charge is -2.11. The average molecular weight is 390 g/mol. The Kier molecular flexibility index (Phi) is 5.22. The highest BCUT2D eigenvalue weighted by Crippen LogP contribution is 2.22. The second-order valence-corrected chi connectivity index (χ2v) is 5.45. The third-order valence-corrected chi connectivity index (χ3v) is 5.03. The maximum atomic E-state index is 12.9. The van der Waals surface area contributed by atoms with Crippen molar-refractivity contribution in [2.45, 2.75) is 9.65 Å². The van der Waals surface area contributed by atoms with Gasteiger partial charge >= 0.3 is 0 Å². The summed E-state index contributed by atoms with van der Waals surface area (Å²) >= 11 is 11.1. The summed E-state index contributed by atoms with van der Waals surface area (Å²) in [5.41, 5.74) is -0.0480. The molecule has 7 heteroatoms. The van der Waals surface area contributed by atoms with Crippen LogP contribution in [-0.4, -0.2) is 20.7 Å². The number of benzene rings is 1. The van der Waals surface area contributed by atoms with E-state index in [4.69, 9.17) is 11.6 Å². The fraction of sp³-hybridized carbons (Fsp3) is 0.200. The maximum Gasteiger partial charge on any atom is 0.236 e. The zero-order valence-electron chi connectivity index (χ0n) is 8.09. The van der Waals surface area contributed by atoms with Crippen molar-refractivity contribution < 1.29 is 18.4 Å². The van der Waals surface area contributed by atoms with E-state index < -0.39 is 32.3 Å². The molecule has 0 heterocycles. The normalized spacial score (nSPS) is 14.2. The van der Waals surface area contributed by atoms with E-state index in [0.717, 1.165) is 18.2 Å². The van der Waals surface area contributed by atoms with E-state index in [1.807, 2.05) is 0 Å². The number of Topliss-reactive ketones (excluding diaryl/α,β-unsaturated/α-hetero) is 1. The standard InChI is InChI=1S/C10H5Br2ClF2O2/c11-7(8(12)10(13)17)9(16)4-1-2-5(14)6(15)3-4/h1-3,7-8H. The Morgan fingerprint density at radius 2 is 1.71 bits per heavy atom. The zero-order chi connectivity index (χ0) is 13.2. The fourth-order valence-electron chi connectivity index (χ4n) is 1.06. The minimum Gasteiger partial charge on any atom is -0.293 e. The van der Waals surface area contributed by atoms with Crippen molar-refractivity contribution >= 4 is 54.5 Å². The Morgan fingerprint density at radius 3 is 2.18 bits per heavy atom. The summed E-state index contributed by atoms with van der Waals surface area (Å²) in [4.78, 5) is 20.7. The van der Waals surface area contributed by atoms with Crippen molar-refractivity contribution in [3.05, 3.63) is 35.4 Å². The molecule has 92 valence electrons. The number of hydrogen-bond donors (Lipinski definition) is 0. The first-order valence-electron chi connectivity index (χ1n) is 4.31. The first kappa shape index (κ1) is 14.7. The first-order chi connectivity index (χ1) is 7.84. The highest BCUT2D eigenvalue weighted by molar-refractivity contribution is 9.12. The summed E-state index contributed by atoms with van der Waals surface area (Å²) in [5.74, 6) is -2.74. The van der Waals surface area contributed by atoms with Crippen LogP contribution in [0.5, 0.6) is 0 Å². The largest absolute Gasteiger partial charge is 0.293 e. The highest BCUT2D eigenvalue weighted by atomic mass is 79.9. The molecule has 0 saturated carbocycles. The van der Waals surface area contributed by atoms with Crippen LogP contribution in [0.15, 0.2) is 18.2 Å². The van der Waals surface area contributed by atoms with Gasteiger partial charge in [-0.1, -0.05) is 31.9 Å². The van der Waals surface area contributed by atoms with E-state index in [1.54, 1.807) is 0 Å². The van der Waals surface area contributed by atoms with Crippen LogP contribution in [0.4, 0.5) is 8.78 Å². The van der Waals surface area contributed by atoms with Crippen LogP contribution in [0.1, 0.15) is 10.4 Å². The first-order valence-corrected chi connectivity index (χ1v) is 6.52. The van der Waals surface area contributed by atoms with Gasteiger partial charge in [0.2, 0.25) is 5.24 Å². The molecule has 0 aliphatic heterocycles. The number of alkyl halides is 2. The minimum atomic E-state index is -1.13. The predicted octanol–water partition coefficient (Wildman–Crippen LogP) is 3.44. The van der Waals surface area contributed by atoms with Crippen molar-refractivity contribution in [1.82, 2.24) is 0 Å². The Bertz CT molecular complexity index is 468. The molecule has 2 atom stereocenters. The molecule has 17 heavy (non-hydrogen) atoms. The van der Waals surface area contributed by atoms with Crippen molar-refractivity contribution in [1.29, 1.82) is 0 Å². The van der Waals surface area contributed by atoms with Crippen molar-refractivity contribution in [2.24, 2.45) is 0 Å². The third kappa shape index (κ3) is 3.56. The van der Waals surface area contributed by atoms with Crippen LogP contribution in [0.25, 0.3) is 0 Å². The lowest BCUT2D eigenvalue weighted by molar-refractivity contribution is -0.111. The predicted molar refractivity (Wildman–Crippen MR) is 67.0 cm³/mol. The van der Waals surface area contributed by atoms with Gasteiger partial charge in [-0.25, -0.2) is 8.78 Å². The van der Waals surface area contributed by atoms with Gasteiger partial charge in [-0.15, -0.1) is 0 Å². The van der Waals surface area contributed by atoms with Crippen LogP contribution in [0.2, 0.25) is 0 Å². The Morgan fingerprint density at radius 1 is 1.12 bits per heavy atom. The molecule has 2 nitrogen and oxygen atoms in total. The topological polar surface area (TPSA) is 34.1 Å². The van der Waals surface area contributed by atoms with Gasteiger partial charge in [-0.2, -0.15) is 0 Å². The van der Waals surface area contributed by atoms with Crippen LogP contribution in [0.3, 0.4) is 0 Å². The van der Waals surface area contributed by atoms with Gasteiger partial charge < -0.3 is 0 Å². The van der Waals surface area contributed by atoms with E-state index in [2.05, 4.69) is 31.9 Å². The molecule has 1 aromatic rings. The molecule has 0 aliphatic carbocycles. The van der Waals surface area contributed by atoms with Crippen LogP contribution in [0, 0.1) is 11.6 Å². The lowest BCUT2D eigenvalue weighted by Crippen LogP contribution is -2.28. The zero-order valence-corrected chi connectivity index (χ0v) is 12.0. The number of halogens is 5. The second-order valence-electron chi connectivity index (χ2n) is 3.10. The van der Waals surface area contributed by atoms with E-state index in [-0.39, 0.29) is 5.56 Å². The van der Waals surface area contributed by atoms with Gasteiger partial charge in [0.1, 0.15) is 4.83 Å². The SMILES string of the molecule is O=C(Cl)C(Br)C(Br)C(=O)c1ccc(F)c(F)c1.